The van der Waals surface area contributed by atoms with E-state index in [1.807, 2.05) is 0 Å². The molecule has 0 saturated heterocycles. The lowest BCUT2D eigenvalue weighted by Crippen LogP contribution is -2.44. The summed E-state index contributed by atoms with van der Waals surface area (Å²) in [6.45, 7) is 6.44. The van der Waals surface area contributed by atoms with Crippen LogP contribution >= 0.6 is 0 Å². The quantitative estimate of drug-likeness (QED) is 0.579. The van der Waals surface area contributed by atoms with Crippen LogP contribution in [-0.2, 0) is 10.8 Å². The van der Waals surface area contributed by atoms with Gasteiger partial charge in [0.25, 0.3) is 0 Å². The molecule has 0 saturated carbocycles. The normalized spacial score (nSPS) is 13.6. The standard InChI is InChI=1S/C13H9F7N2O3/c1-3-5-7(4-2)22-9(8(6-21-22)10(23)24)11(14,15)25-13(19,20)12(16,17)18/h3-6H,1-2H2,(H,23,24)/b7-5+. The van der Waals surface area contributed by atoms with E-state index in [2.05, 4.69) is 23.0 Å². The first-order chi connectivity index (χ1) is 11.3. The molecule has 0 spiro atoms. The average molecular weight is 374 g/mol. The number of halogens is 7. The molecule has 0 amide bonds. The topological polar surface area (TPSA) is 64.4 Å². The molecule has 0 radical (unpaired) electrons. The number of allylic oxidation sites excluding steroid dienone is 4. The summed E-state index contributed by atoms with van der Waals surface area (Å²) in [5, 5.41) is 12.1. The number of carbonyl (C=O) groups is 1. The Morgan fingerprint density at radius 1 is 1.20 bits per heavy atom. The van der Waals surface area contributed by atoms with Crippen LogP contribution in [0.5, 0.6) is 0 Å². The van der Waals surface area contributed by atoms with Gasteiger partial charge in [-0.2, -0.15) is 35.8 Å². The molecule has 0 aliphatic heterocycles. The van der Waals surface area contributed by atoms with Crippen LogP contribution in [0.1, 0.15) is 16.1 Å². The molecule has 0 bridgehead atoms. The Morgan fingerprint density at radius 2 is 1.76 bits per heavy atom. The van der Waals surface area contributed by atoms with E-state index in [9.17, 15) is 35.5 Å². The fourth-order valence-electron chi connectivity index (χ4n) is 1.59. The van der Waals surface area contributed by atoms with Crippen LogP contribution in [0.2, 0.25) is 0 Å². The van der Waals surface area contributed by atoms with Crippen molar-refractivity contribution in [3.8, 4) is 0 Å². The number of ether oxygens (including phenoxy) is 1. The molecule has 12 heteroatoms. The van der Waals surface area contributed by atoms with Crippen molar-refractivity contribution in [1.29, 1.82) is 0 Å². The maximum absolute atomic E-state index is 14.0. The monoisotopic (exact) mass is 374 g/mol. The number of hydrogen-bond donors (Lipinski definition) is 1. The SMILES string of the molecule is C=C/C=C(\C=C)n1ncc(C(=O)O)c1C(F)(F)OC(F)(F)C(F)(F)F. The average Bonchev–Trinajstić information content (AvgIpc) is 2.88. The van der Waals surface area contributed by atoms with Crippen molar-refractivity contribution < 1.29 is 45.4 Å². The van der Waals surface area contributed by atoms with Crippen LogP contribution in [0.4, 0.5) is 30.7 Å². The number of aromatic carboxylic acids is 1. The lowest BCUT2D eigenvalue weighted by atomic mass is 10.2. The minimum absolute atomic E-state index is 0.102. The number of nitrogens with zero attached hydrogens (tertiary/aromatic N) is 2. The third-order valence-electron chi connectivity index (χ3n) is 2.60. The van der Waals surface area contributed by atoms with Crippen molar-refractivity contribution in [2.75, 3.05) is 0 Å². The van der Waals surface area contributed by atoms with Crippen LogP contribution in [0.25, 0.3) is 5.70 Å². The smallest absolute Gasteiger partial charge is 0.478 e. The van der Waals surface area contributed by atoms with Gasteiger partial charge in [0.2, 0.25) is 0 Å². The number of aromatic nitrogens is 2. The first-order valence-electron chi connectivity index (χ1n) is 6.08. The lowest BCUT2D eigenvalue weighted by Gasteiger charge is -2.26. The van der Waals surface area contributed by atoms with Crippen LogP contribution in [0, 0.1) is 0 Å². The zero-order valence-electron chi connectivity index (χ0n) is 12.0. The molecule has 1 heterocycles. The van der Waals surface area contributed by atoms with E-state index in [1.165, 1.54) is 0 Å². The molecule has 0 atom stereocenters. The Labute approximate surface area is 135 Å². The van der Waals surface area contributed by atoms with Crippen molar-refractivity contribution in [1.82, 2.24) is 9.78 Å². The third-order valence-corrected chi connectivity index (χ3v) is 2.60. The number of carboxylic acid groups (broad SMARTS) is 1. The van der Waals surface area contributed by atoms with E-state index >= 15 is 0 Å². The molecule has 1 aromatic rings. The van der Waals surface area contributed by atoms with E-state index in [-0.39, 0.29) is 10.4 Å². The molecule has 0 unspecified atom stereocenters. The van der Waals surface area contributed by atoms with E-state index in [0.717, 1.165) is 18.2 Å². The summed E-state index contributed by atoms with van der Waals surface area (Å²) >= 11 is 0. The van der Waals surface area contributed by atoms with Crippen molar-refractivity contribution in [2.24, 2.45) is 0 Å². The lowest BCUT2D eigenvalue weighted by molar-refractivity contribution is -0.462. The molecular formula is C13H9F7N2O3. The minimum Gasteiger partial charge on any atom is -0.478 e. The Bertz CT molecular complexity index is 720. The summed E-state index contributed by atoms with van der Waals surface area (Å²) in [5.41, 5.74) is -3.58. The van der Waals surface area contributed by atoms with E-state index < -0.39 is 35.6 Å². The molecule has 25 heavy (non-hydrogen) atoms. The predicted octanol–water partition coefficient (Wildman–Crippen LogP) is 4.02. The summed E-state index contributed by atoms with van der Waals surface area (Å²) < 4.78 is 92.9. The fraction of sp³-hybridized carbons (Fsp3) is 0.231. The van der Waals surface area contributed by atoms with Gasteiger partial charge < -0.3 is 5.11 Å². The molecule has 0 fully saturated rings. The van der Waals surface area contributed by atoms with Crippen LogP contribution in [0.15, 0.2) is 37.6 Å². The molecule has 0 aromatic carbocycles. The van der Waals surface area contributed by atoms with Crippen molar-refractivity contribution >= 4 is 11.7 Å². The fourth-order valence-corrected chi connectivity index (χ4v) is 1.59. The van der Waals surface area contributed by atoms with Gasteiger partial charge in [0, 0.05) is 0 Å². The van der Waals surface area contributed by atoms with Crippen molar-refractivity contribution in [3.63, 3.8) is 0 Å². The Kier molecular flexibility index (Phi) is 5.47. The Morgan fingerprint density at radius 3 is 2.16 bits per heavy atom. The molecule has 1 rings (SSSR count). The van der Waals surface area contributed by atoms with Gasteiger partial charge in [0.05, 0.1) is 11.9 Å². The highest BCUT2D eigenvalue weighted by Crippen LogP contribution is 2.44. The van der Waals surface area contributed by atoms with Gasteiger partial charge in [0.15, 0.2) is 5.69 Å². The highest BCUT2D eigenvalue weighted by molar-refractivity contribution is 5.89. The van der Waals surface area contributed by atoms with E-state index in [4.69, 9.17) is 5.11 Å². The van der Waals surface area contributed by atoms with E-state index in [0.29, 0.717) is 6.20 Å². The van der Waals surface area contributed by atoms with Gasteiger partial charge in [-0.15, -0.1) is 0 Å². The molecule has 1 N–H and O–H groups in total. The molecular weight excluding hydrogens is 365 g/mol. The number of rotatable bonds is 7. The Hall–Kier alpha value is -2.63. The first-order valence-corrected chi connectivity index (χ1v) is 6.08. The summed E-state index contributed by atoms with van der Waals surface area (Å²) in [6, 6.07) is 0. The molecule has 138 valence electrons. The maximum Gasteiger partial charge on any atom is 0.483 e. The predicted molar refractivity (Wildman–Crippen MR) is 69.8 cm³/mol. The van der Waals surface area contributed by atoms with Gasteiger partial charge in [0.1, 0.15) is 5.56 Å². The zero-order chi connectivity index (χ0) is 19.6. The summed E-state index contributed by atoms with van der Waals surface area (Å²) in [5.74, 6) is -2.05. The number of carboxylic acids is 1. The summed E-state index contributed by atoms with van der Waals surface area (Å²) in [4.78, 5) is 11.0. The number of hydrogen-bond acceptors (Lipinski definition) is 3. The number of alkyl halides is 7. The minimum atomic E-state index is -6.46. The summed E-state index contributed by atoms with van der Waals surface area (Å²) in [7, 11) is 0. The Balaban J connectivity index is 3.59. The largest absolute Gasteiger partial charge is 0.483 e. The van der Waals surface area contributed by atoms with Gasteiger partial charge in [-0.1, -0.05) is 19.2 Å². The zero-order valence-corrected chi connectivity index (χ0v) is 12.0. The van der Waals surface area contributed by atoms with Gasteiger partial charge in [-0.25, -0.2) is 14.2 Å². The van der Waals surface area contributed by atoms with Gasteiger partial charge in [-0.05, 0) is 12.2 Å². The second-order valence-electron chi connectivity index (χ2n) is 4.29. The van der Waals surface area contributed by atoms with Crippen LogP contribution in [-0.4, -0.2) is 33.1 Å². The second kappa shape index (κ2) is 6.70. The first kappa shape index (κ1) is 20.4. The maximum atomic E-state index is 14.0. The molecule has 0 aliphatic rings. The highest BCUT2D eigenvalue weighted by atomic mass is 19.4. The van der Waals surface area contributed by atoms with Crippen molar-refractivity contribution in [2.45, 2.75) is 18.4 Å². The summed E-state index contributed by atoms with van der Waals surface area (Å²) in [6.07, 6.45) is -14.9. The van der Waals surface area contributed by atoms with Crippen LogP contribution < -0.4 is 0 Å². The molecule has 0 aliphatic carbocycles. The van der Waals surface area contributed by atoms with Crippen LogP contribution in [0.3, 0.4) is 0 Å². The van der Waals surface area contributed by atoms with E-state index in [1.54, 1.807) is 0 Å². The molecule has 1 aromatic heterocycles. The van der Waals surface area contributed by atoms with Gasteiger partial charge >= 0.3 is 24.4 Å². The molecule has 5 nitrogen and oxygen atoms in total. The third kappa shape index (κ3) is 4.07. The van der Waals surface area contributed by atoms with Crippen molar-refractivity contribution in [3.05, 3.63) is 48.8 Å². The second-order valence-corrected chi connectivity index (χ2v) is 4.29. The van der Waals surface area contributed by atoms with Gasteiger partial charge in [-0.3, -0.25) is 0 Å². The highest BCUT2D eigenvalue weighted by Gasteiger charge is 2.65.